The number of ketones is 1. The lowest BCUT2D eigenvalue weighted by molar-refractivity contribution is 0.103. The first-order valence-corrected chi connectivity index (χ1v) is 8.29. The van der Waals surface area contributed by atoms with Crippen molar-refractivity contribution >= 4 is 25.5 Å². The highest BCUT2D eigenvalue weighted by molar-refractivity contribution is 8.65. The Morgan fingerprint density at radius 3 is 1.70 bits per heavy atom. The second-order valence-electron chi connectivity index (χ2n) is 4.19. The number of hydrogen-bond acceptors (Lipinski definition) is 1. The van der Waals surface area contributed by atoms with Crippen molar-refractivity contribution in [3.8, 4) is 0 Å². The van der Waals surface area contributed by atoms with Crippen LogP contribution < -0.4 is 0 Å². The number of carbonyl (C=O) groups is 1. The highest BCUT2D eigenvalue weighted by atomic mass is 35.7. The molecule has 0 aliphatic heterocycles. The first-order valence-electron chi connectivity index (χ1n) is 5.41. The minimum atomic E-state index is -8.71. The van der Waals surface area contributed by atoms with Crippen molar-refractivity contribution in [3.05, 3.63) is 65.7 Å². The molecule has 108 valence electrons. The number of halogens is 5. The molecule has 0 bridgehead atoms. The molecular weight excluding hydrogens is 316 g/mol. The summed E-state index contributed by atoms with van der Waals surface area (Å²) in [6.07, 6.45) is 0. The van der Waals surface area contributed by atoms with Crippen LogP contribution in [-0.2, 0) is 0 Å². The third kappa shape index (κ3) is 3.32. The van der Waals surface area contributed by atoms with Crippen LogP contribution >= 0.6 is 19.7 Å². The van der Waals surface area contributed by atoms with Gasteiger partial charge in [-0.25, -0.2) is 0 Å². The Morgan fingerprint density at radius 1 is 0.800 bits per heavy atom. The molecular formula is C13H9ClF4OS. The summed E-state index contributed by atoms with van der Waals surface area (Å²) in [6, 6.07) is 10.8. The molecule has 0 aliphatic rings. The molecule has 0 saturated carbocycles. The van der Waals surface area contributed by atoms with Gasteiger partial charge < -0.3 is 0 Å². The van der Waals surface area contributed by atoms with Crippen molar-refractivity contribution < 1.29 is 20.3 Å². The summed E-state index contributed by atoms with van der Waals surface area (Å²) in [4.78, 5) is 10.4. The van der Waals surface area contributed by atoms with Crippen LogP contribution in [0.2, 0.25) is 0 Å². The van der Waals surface area contributed by atoms with Gasteiger partial charge in [0.1, 0.15) is 0 Å². The van der Waals surface area contributed by atoms with E-state index >= 15 is 0 Å². The minimum Gasteiger partial charge on any atom is -0.289 e. The predicted octanol–water partition coefficient (Wildman–Crippen LogP) is 5.84. The molecule has 0 N–H and O–H groups in total. The Bertz CT molecular complexity index is 650. The number of hydrogen-bond donors (Lipinski definition) is 0. The fraction of sp³-hybridized carbons (Fsp3) is 0. The molecule has 0 atom stereocenters. The van der Waals surface area contributed by atoms with E-state index in [0.717, 1.165) is 12.1 Å². The molecule has 0 aromatic heterocycles. The summed E-state index contributed by atoms with van der Waals surface area (Å²) < 4.78 is 51.8. The lowest BCUT2D eigenvalue weighted by Crippen LogP contribution is -2.06. The zero-order valence-corrected chi connectivity index (χ0v) is 11.5. The average molecular weight is 325 g/mol. The Kier molecular flexibility index (Phi) is 2.97. The van der Waals surface area contributed by atoms with Gasteiger partial charge in [0.25, 0.3) is 9.05 Å². The summed E-state index contributed by atoms with van der Waals surface area (Å²) >= 11 is 0. The van der Waals surface area contributed by atoms with Crippen LogP contribution in [0.4, 0.5) is 15.5 Å². The zero-order valence-electron chi connectivity index (χ0n) is 9.90. The molecule has 1 nitrogen and oxygen atoms in total. The van der Waals surface area contributed by atoms with Gasteiger partial charge in [0.15, 0.2) is 5.78 Å². The van der Waals surface area contributed by atoms with Gasteiger partial charge in [-0.05, 0) is 24.3 Å². The van der Waals surface area contributed by atoms with Crippen molar-refractivity contribution in [1.29, 1.82) is 0 Å². The van der Waals surface area contributed by atoms with Crippen LogP contribution in [0.5, 0.6) is 0 Å². The minimum absolute atomic E-state index is 0.0264. The normalized spacial score (nSPS) is 15.2. The Hall–Kier alpha value is -1.53. The molecule has 2 aromatic carbocycles. The molecule has 0 radical (unpaired) electrons. The van der Waals surface area contributed by atoms with Crippen LogP contribution in [-0.4, -0.2) is 5.78 Å². The molecule has 2 aromatic rings. The molecule has 0 heterocycles. The van der Waals surface area contributed by atoms with Gasteiger partial charge in [0, 0.05) is 21.8 Å². The summed E-state index contributed by atoms with van der Waals surface area (Å²) in [5.41, 5.74) is 0.358. The fourth-order valence-corrected chi connectivity index (χ4v) is 2.58. The molecule has 0 fully saturated rings. The van der Waals surface area contributed by atoms with Crippen LogP contribution in [0, 0.1) is 0 Å². The Morgan fingerprint density at radius 2 is 1.25 bits per heavy atom. The monoisotopic (exact) mass is 324 g/mol. The van der Waals surface area contributed by atoms with E-state index in [9.17, 15) is 20.3 Å². The zero-order chi connectivity index (χ0) is 15.1. The van der Waals surface area contributed by atoms with E-state index in [-0.39, 0.29) is 5.56 Å². The van der Waals surface area contributed by atoms with E-state index in [1.54, 1.807) is 18.2 Å². The van der Waals surface area contributed by atoms with Gasteiger partial charge in [-0.2, -0.15) is 0 Å². The van der Waals surface area contributed by atoms with Gasteiger partial charge >= 0.3 is 0 Å². The maximum Gasteiger partial charge on any atom is 0.253 e. The third-order valence-corrected chi connectivity index (χ3v) is 4.30. The largest absolute Gasteiger partial charge is 0.289 e. The standard InChI is InChI=1S/C13H9ClF4OS/c14-20(15,16,17,18)12-8-6-11(7-9-12)13(19)10-4-2-1-3-5-10/h1-9H. The molecule has 0 amide bonds. The quantitative estimate of drug-likeness (QED) is 0.511. The van der Waals surface area contributed by atoms with Crippen molar-refractivity contribution in [2.24, 2.45) is 0 Å². The second-order valence-corrected chi connectivity index (χ2v) is 8.46. The fourth-order valence-electron chi connectivity index (χ4n) is 1.62. The van der Waals surface area contributed by atoms with Gasteiger partial charge in [-0.3, -0.25) is 4.79 Å². The highest BCUT2D eigenvalue weighted by Gasteiger charge is 2.62. The lowest BCUT2D eigenvalue weighted by atomic mass is 10.0. The maximum absolute atomic E-state index is 13.0. The van der Waals surface area contributed by atoms with Crippen LogP contribution in [0.3, 0.4) is 0 Å². The molecule has 0 unspecified atom stereocenters. The number of carbonyl (C=O) groups excluding carboxylic acids is 1. The highest BCUT2D eigenvalue weighted by Crippen LogP contribution is 3.04. The molecule has 0 saturated heterocycles. The SMILES string of the molecule is O=C(c1ccccc1)c1ccc(S(F)(F)(F)(F)Cl)cc1. The van der Waals surface area contributed by atoms with Crippen molar-refractivity contribution in [2.45, 2.75) is 4.90 Å². The summed E-state index contributed by atoms with van der Waals surface area (Å²) in [5.74, 6) is -0.449. The number of rotatable bonds is 3. The van der Waals surface area contributed by atoms with Gasteiger partial charge in [0.05, 0.1) is 4.90 Å². The lowest BCUT2D eigenvalue weighted by Gasteiger charge is -2.42. The van der Waals surface area contributed by atoms with E-state index in [0.29, 0.717) is 17.7 Å². The predicted molar refractivity (Wildman–Crippen MR) is 72.5 cm³/mol. The first-order chi connectivity index (χ1) is 8.97. The van der Waals surface area contributed by atoms with Crippen molar-refractivity contribution in [1.82, 2.24) is 0 Å². The van der Waals surface area contributed by atoms with Crippen molar-refractivity contribution in [3.63, 3.8) is 0 Å². The van der Waals surface area contributed by atoms with Gasteiger partial charge in [-0.15, -0.1) is 15.5 Å². The maximum atomic E-state index is 13.0. The molecule has 2 rings (SSSR count). The number of benzene rings is 2. The topological polar surface area (TPSA) is 17.1 Å². The molecule has 20 heavy (non-hydrogen) atoms. The summed E-state index contributed by atoms with van der Waals surface area (Å²) in [7, 11) is -4.53. The van der Waals surface area contributed by atoms with Gasteiger partial charge in [0.2, 0.25) is 0 Å². The van der Waals surface area contributed by atoms with E-state index in [2.05, 4.69) is 10.7 Å². The second kappa shape index (κ2) is 3.99. The Balaban J connectivity index is 2.38. The smallest absolute Gasteiger partial charge is 0.253 e. The summed E-state index contributed by atoms with van der Waals surface area (Å²) in [6.45, 7) is 0. The molecule has 0 aliphatic carbocycles. The van der Waals surface area contributed by atoms with E-state index < -0.39 is 19.7 Å². The van der Waals surface area contributed by atoms with E-state index in [4.69, 9.17) is 0 Å². The van der Waals surface area contributed by atoms with Crippen LogP contribution in [0.25, 0.3) is 0 Å². The van der Waals surface area contributed by atoms with Gasteiger partial charge in [-0.1, -0.05) is 30.3 Å². The molecule has 0 spiro atoms. The summed E-state index contributed by atoms with van der Waals surface area (Å²) in [5, 5.41) is 0. The third-order valence-electron chi connectivity index (χ3n) is 2.60. The Labute approximate surface area is 117 Å². The van der Waals surface area contributed by atoms with Crippen LogP contribution in [0.15, 0.2) is 59.5 Å². The first kappa shape index (κ1) is 14.9. The van der Waals surface area contributed by atoms with Crippen LogP contribution in [0.1, 0.15) is 15.9 Å². The van der Waals surface area contributed by atoms with E-state index in [1.807, 2.05) is 0 Å². The average Bonchev–Trinajstić information content (AvgIpc) is 2.36. The van der Waals surface area contributed by atoms with E-state index in [1.165, 1.54) is 12.1 Å². The molecule has 7 heteroatoms. The van der Waals surface area contributed by atoms with Crippen molar-refractivity contribution in [2.75, 3.05) is 0 Å².